The summed E-state index contributed by atoms with van der Waals surface area (Å²) in [5.74, 6) is 0.318. The Morgan fingerprint density at radius 2 is 1.87 bits per heavy atom. The smallest absolute Gasteiger partial charge is 0.227 e. The molecule has 2 N–H and O–H groups in total. The Labute approximate surface area is 134 Å². The van der Waals surface area contributed by atoms with Gasteiger partial charge in [0, 0.05) is 17.0 Å². The number of nitrogens with one attached hydrogen (secondary N) is 2. The minimum absolute atomic E-state index is 0.121. The van der Waals surface area contributed by atoms with Crippen molar-refractivity contribution >= 4 is 34.6 Å². The Morgan fingerprint density at radius 3 is 2.74 bits per heavy atom. The van der Waals surface area contributed by atoms with Gasteiger partial charge in [-0.05, 0) is 36.6 Å². The van der Waals surface area contributed by atoms with Crippen LogP contribution in [0.2, 0.25) is 0 Å². The molecule has 1 amide bonds. The molecule has 1 heterocycles. The van der Waals surface area contributed by atoms with Gasteiger partial charge in [0.15, 0.2) is 0 Å². The van der Waals surface area contributed by atoms with Crippen LogP contribution in [0, 0.1) is 5.92 Å². The number of aromatic amines is 1. The average Bonchev–Trinajstić information content (AvgIpc) is 3.35. The van der Waals surface area contributed by atoms with E-state index >= 15 is 0 Å². The molecular weight excluding hydrogens is 286 g/mol. The van der Waals surface area contributed by atoms with Crippen molar-refractivity contribution in [2.24, 2.45) is 5.92 Å². The van der Waals surface area contributed by atoms with Gasteiger partial charge < -0.3 is 5.32 Å². The molecule has 0 radical (unpaired) electrons. The zero-order valence-corrected chi connectivity index (χ0v) is 12.6. The molecule has 0 saturated heterocycles. The highest BCUT2D eigenvalue weighted by molar-refractivity contribution is 5.97. The van der Waals surface area contributed by atoms with Gasteiger partial charge in [-0.15, -0.1) is 0 Å². The Hall–Kier alpha value is -2.88. The minimum Gasteiger partial charge on any atom is -0.325 e. The number of para-hydroxylation sites is 2. The lowest BCUT2D eigenvalue weighted by Gasteiger charge is -2.07. The quantitative estimate of drug-likeness (QED) is 0.763. The fraction of sp³-hybridized carbons (Fsp3) is 0.158. The maximum absolute atomic E-state index is 12.0. The van der Waals surface area contributed by atoms with E-state index in [2.05, 4.69) is 15.5 Å². The first kappa shape index (κ1) is 13.8. The first-order chi connectivity index (χ1) is 11.3. The number of benzene rings is 2. The highest BCUT2D eigenvalue weighted by Crippen LogP contribution is 2.31. The van der Waals surface area contributed by atoms with Gasteiger partial charge in [-0.25, -0.2) is 0 Å². The number of H-pyrrole nitrogens is 1. The van der Waals surface area contributed by atoms with Crippen molar-refractivity contribution in [2.45, 2.75) is 12.8 Å². The number of hydrogen-bond donors (Lipinski definition) is 2. The second-order valence-electron chi connectivity index (χ2n) is 5.84. The third kappa shape index (κ3) is 2.88. The normalized spacial score (nSPS) is 14.4. The number of carbonyl (C=O) groups is 1. The minimum atomic E-state index is 0.121. The molecule has 0 aliphatic heterocycles. The van der Waals surface area contributed by atoms with E-state index in [0.717, 1.165) is 40.7 Å². The third-order valence-corrected chi connectivity index (χ3v) is 4.09. The van der Waals surface area contributed by atoms with Crippen molar-refractivity contribution in [3.05, 3.63) is 59.8 Å². The summed E-state index contributed by atoms with van der Waals surface area (Å²) >= 11 is 0. The SMILES string of the molecule is O=C(Nc1ccccc1C=Cc1n[nH]c2ccccc12)C1CC1. The lowest BCUT2D eigenvalue weighted by molar-refractivity contribution is -0.117. The van der Waals surface area contributed by atoms with Crippen LogP contribution in [0.25, 0.3) is 23.1 Å². The number of rotatable bonds is 4. The standard InChI is InChI=1S/C19H17N3O/c23-19(14-9-10-14)20-16-7-3-1-5-13(16)11-12-18-15-6-2-4-8-17(15)21-22-18/h1-8,11-12,14H,9-10H2,(H,20,23)(H,21,22). The monoisotopic (exact) mass is 303 g/mol. The molecule has 4 rings (SSSR count). The van der Waals surface area contributed by atoms with Crippen molar-refractivity contribution in [2.75, 3.05) is 5.32 Å². The Morgan fingerprint density at radius 1 is 1.09 bits per heavy atom. The van der Waals surface area contributed by atoms with Gasteiger partial charge in [-0.3, -0.25) is 9.89 Å². The molecule has 2 aromatic carbocycles. The summed E-state index contributed by atoms with van der Waals surface area (Å²) in [5.41, 5.74) is 3.74. The molecule has 1 aliphatic carbocycles. The Bertz CT molecular complexity index is 890. The van der Waals surface area contributed by atoms with E-state index in [1.165, 1.54) is 0 Å². The summed E-state index contributed by atoms with van der Waals surface area (Å²) < 4.78 is 0. The zero-order valence-electron chi connectivity index (χ0n) is 12.6. The molecule has 0 atom stereocenters. The van der Waals surface area contributed by atoms with Crippen LogP contribution in [0.15, 0.2) is 48.5 Å². The topological polar surface area (TPSA) is 57.8 Å². The number of amides is 1. The first-order valence-corrected chi connectivity index (χ1v) is 7.82. The number of aromatic nitrogens is 2. The second-order valence-corrected chi connectivity index (χ2v) is 5.84. The molecule has 3 aromatic rings. The summed E-state index contributed by atoms with van der Waals surface area (Å²) in [4.78, 5) is 12.0. The molecule has 0 spiro atoms. The fourth-order valence-electron chi connectivity index (χ4n) is 2.62. The molecule has 1 fully saturated rings. The summed E-state index contributed by atoms with van der Waals surface area (Å²) in [6.07, 6.45) is 5.97. The summed E-state index contributed by atoms with van der Waals surface area (Å²) in [6.45, 7) is 0. The van der Waals surface area contributed by atoms with Crippen LogP contribution in [0.3, 0.4) is 0 Å². The summed E-state index contributed by atoms with van der Waals surface area (Å²) in [6, 6.07) is 15.9. The third-order valence-electron chi connectivity index (χ3n) is 4.09. The largest absolute Gasteiger partial charge is 0.325 e. The highest BCUT2D eigenvalue weighted by atomic mass is 16.2. The Kier molecular flexibility index (Phi) is 3.42. The van der Waals surface area contributed by atoms with E-state index in [1.807, 2.05) is 60.7 Å². The van der Waals surface area contributed by atoms with Crippen LogP contribution in [0.5, 0.6) is 0 Å². The molecule has 1 aliphatic rings. The molecule has 1 aromatic heterocycles. The second kappa shape index (κ2) is 5.72. The van der Waals surface area contributed by atoms with Crippen molar-refractivity contribution in [1.82, 2.24) is 10.2 Å². The summed E-state index contributed by atoms with van der Waals surface area (Å²) in [5, 5.41) is 11.5. The van der Waals surface area contributed by atoms with E-state index in [0.29, 0.717) is 0 Å². The van der Waals surface area contributed by atoms with Crippen molar-refractivity contribution in [3.63, 3.8) is 0 Å². The van der Waals surface area contributed by atoms with E-state index in [-0.39, 0.29) is 11.8 Å². The lowest BCUT2D eigenvalue weighted by Crippen LogP contribution is -2.13. The number of hydrogen-bond acceptors (Lipinski definition) is 2. The lowest BCUT2D eigenvalue weighted by atomic mass is 10.1. The number of fused-ring (bicyclic) bond motifs is 1. The van der Waals surface area contributed by atoms with E-state index < -0.39 is 0 Å². The van der Waals surface area contributed by atoms with Crippen LogP contribution >= 0.6 is 0 Å². The number of anilines is 1. The maximum atomic E-state index is 12.0. The van der Waals surface area contributed by atoms with Crippen LogP contribution < -0.4 is 5.32 Å². The molecular formula is C19H17N3O. The molecule has 23 heavy (non-hydrogen) atoms. The first-order valence-electron chi connectivity index (χ1n) is 7.82. The molecule has 0 bridgehead atoms. The maximum Gasteiger partial charge on any atom is 0.227 e. The van der Waals surface area contributed by atoms with Crippen molar-refractivity contribution < 1.29 is 4.79 Å². The predicted molar refractivity (Wildman–Crippen MR) is 92.8 cm³/mol. The van der Waals surface area contributed by atoms with Crippen LogP contribution in [0.4, 0.5) is 5.69 Å². The Balaban J connectivity index is 1.61. The van der Waals surface area contributed by atoms with Crippen LogP contribution in [0.1, 0.15) is 24.1 Å². The zero-order chi connectivity index (χ0) is 15.6. The van der Waals surface area contributed by atoms with E-state index in [9.17, 15) is 4.79 Å². The fourth-order valence-corrected chi connectivity index (χ4v) is 2.62. The van der Waals surface area contributed by atoms with Gasteiger partial charge >= 0.3 is 0 Å². The van der Waals surface area contributed by atoms with Gasteiger partial charge in [0.2, 0.25) is 5.91 Å². The van der Waals surface area contributed by atoms with Crippen LogP contribution in [-0.2, 0) is 4.79 Å². The van der Waals surface area contributed by atoms with Crippen molar-refractivity contribution in [3.8, 4) is 0 Å². The molecule has 114 valence electrons. The van der Waals surface area contributed by atoms with Gasteiger partial charge in [0.1, 0.15) is 0 Å². The number of carbonyl (C=O) groups excluding carboxylic acids is 1. The highest BCUT2D eigenvalue weighted by Gasteiger charge is 2.29. The van der Waals surface area contributed by atoms with Gasteiger partial charge in [-0.2, -0.15) is 5.10 Å². The van der Waals surface area contributed by atoms with Crippen LogP contribution in [-0.4, -0.2) is 16.1 Å². The molecule has 4 nitrogen and oxygen atoms in total. The van der Waals surface area contributed by atoms with Gasteiger partial charge in [0.25, 0.3) is 0 Å². The number of nitrogens with zero attached hydrogens (tertiary/aromatic N) is 1. The predicted octanol–water partition coefficient (Wildman–Crippen LogP) is 4.08. The van der Waals surface area contributed by atoms with E-state index in [1.54, 1.807) is 0 Å². The van der Waals surface area contributed by atoms with Gasteiger partial charge in [0.05, 0.1) is 11.2 Å². The van der Waals surface area contributed by atoms with E-state index in [4.69, 9.17) is 0 Å². The molecule has 4 heteroatoms. The molecule has 1 saturated carbocycles. The van der Waals surface area contributed by atoms with Gasteiger partial charge in [-0.1, -0.05) is 42.5 Å². The van der Waals surface area contributed by atoms with Crippen molar-refractivity contribution in [1.29, 1.82) is 0 Å². The molecule has 0 unspecified atom stereocenters. The summed E-state index contributed by atoms with van der Waals surface area (Å²) in [7, 11) is 0. The average molecular weight is 303 g/mol.